The van der Waals surface area contributed by atoms with Crippen LogP contribution in [0, 0.1) is 0 Å². The Morgan fingerprint density at radius 1 is 1.38 bits per heavy atom. The van der Waals surface area contributed by atoms with Crippen molar-refractivity contribution in [3.63, 3.8) is 0 Å². The highest BCUT2D eigenvalue weighted by molar-refractivity contribution is 5.54. The third-order valence-corrected chi connectivity index (χ3v) is 0.533. The fourth-order valence-corrected chi connectivity index (χ4v) is 0.258. The second-order valence-electron chi connectivity index (χ2n) is 1.71. The van der Waals surface area contributed by atoms with Crippen LogP contribution in [-0.2, 0) is 0 Å². The first-order valence-electron chi connectivity index (χ1n) is 2.58. The normalized spacial score (nSPS) is 11.4. The van der Waals surface area contributed by atoms with Crippen molar-refractivity contribution in [1.29, 1.82) is 0 Å². The van der Waals surface area contributed by atoms with Gasteiger partial charge in [0.25, 0.3) is 0 Å². The fourth-order valence-electron chi connectivity index (χ4n) is 0.258. The molecule has 0 N–H and O–H groups in total. The van der Waals surface area contributed by atoms with Crippen LogP contribution in [0.1, 0.15) is 6.92 Å². The molecule has 0 saturated carbocycles. The standard InChI is InChI=1S/C6H12N2/c1-4-5-7-6-8(2)3/h4-6H,1-3H3/b5-4-,7-6?. The Bertz CT molecular complexity index is 92.7. The first-order chi connectivity index (χ1) is 3.77. The minimum absolute atomic E-state index is 1.75. The van der Waals surface area contributed by atoms with Gasteiger partial charge in [0.05, 0.1) is 6.34 Å². The van der Waals surface area contributed by atoms with E-state index in [-0.39, 0.29) is 0 Å². The van der Waals surface area contributed by atoms with Crippen LogP contribution < -0.4 is 0 Å². The quantitative estimate of drug-likeness (QED) is 0.386. The summed E-state index contributed by atoms with van der Waals surface area (Å²) in [5.74, 6) is 0. The molecule has 0 aliphatic carbocycles. The molecule has 0 aromatic heterocycles. The number of nitrogens with zero attached hydrogens (tertiary/aromatic N) is 2. The second kappa shape index (κ2) is 4.37. The van der Waals surface area contributed by atoms with Crippen molar-refractivity contribution in [3.05, 3.63) is 12.3 Å². The van der Waals surface area contributed by atoms with E-state index in [0.29, 0.717) is 0 Å². The van der Waals surface area contributed by atoms with Gasteiger partial charge in [0.1, 0.15) is 0 Å². The van der Waals surface area contributed by atoms with Crippen LogP contribution in [0.2, 0.25) is 0 Å². The number of hydrogen-bond acceptors (Lipinski definition) is 1. The van der Waals surface area contributed by atoms with E-state index in [4.69, 9.17) is 0 Å². The molecule has 0 amide bonds. The highest BCUT2D eigenvalue weighted by Crippen LogP contribution is 1.71. The Hall–Kier alpha value is -0.790. The van der Waals surface area contributed by atoms with Gasteiger partial charge in [-0.15, -0.1) is 0 Å². The van der Waals surface area contributed by atoms with Gasteiger partial charge in [-0.2, -0.15) is 0 Å². The van der Waals surface area contributed by atoms with Gasteiger partial charge in [0, 0.05) is 20.3 Å². The smallest absolute Gasteiger partial charge is 0.0899 e. The van der Waals surface area contributed by atoms with Crippen molar-refractivity contribution in [1.82, 2.24) is 4.90 Å². The van der Waals surface area contributed by atoms with E-state index in [1.165, 1.54) is 0 Å². The van der Waals surface area contributed by atoms with E-state index in [9.17, 15) is 0 Å². The Kier molecular flexibility index (Phi) is 3.94. The molecule has 0 aromatic carbocycles. The monoisotopic (exact) mass is 112 g/mol. The lowest BCUT2D eigenvalue weighted by molar-refractivity contribution is 0.643. The van der Waals surface area contributed by atoms with Gasteiger partial charge >= 0.3 is 0 Å². The van der Waals surface area contributed by atoms with E-state index in [2.05, 4.69) is 4.99 Å². The van der Waals surface area contributed by atoms with Crippen molar-refractivity contribution in [2.75, 3.05) is 14.1 Å². The molecule has 0 bridgehead atoms. The molecule has 0 radical (unpaired) electrons. The Morgan fingerprint density at radius 2 is 2.00 bits per heavy atom. The zero-order chi connectivity index (χ0) is 6.41. The molecule has 0 heterocycles. The maximum Gasteiger partial charge on any atom is 0.0899 e. The number of allylic oxidation sites excluding steroid dienone is 1. The third-order valence-electron chi connectivity index (χ3n) is 0.533. The number of hydrogen-bond donors (Lipinski definition) is 0. The van der Waals surface area contributed by atoms with E-state index < -0.39 is 0 Å². The van der Waals surface area contributed by atoms with Crippen LogP contribution in [0.4, 0.5) is 0 Å². The summed E-state index contributed by atoms with van der Waals surface area (Å²) in [6.45, 7) is 1.94. The van der Waals surface area contributed by atoms with Crippen LogP contribution in [0.5, 0.6) is 0 Å². The van der Waals surface area contributed by atoms with Crippen LogP contribution in [0.25, 0.3) is 0 Å². The van der Waals surface area contributed by atoms with E-state index in [1.54, 1.807) is 12.5 Å². The van der Waals surface area contributed by atoms with Gasteiger partial charge in [-0.25, -0.2) is 4.99 Å². The molecule has 0 atom stereocenters. The Balaban J connectivity index is 3.34. The highest BCUT2D eigenvalue weighted by Gasteiger charge is 1.69. The number of aliphatic imine (C=N–C) groups is 1. The molecule has 0 aromatic rings. The summed E-state index contributed by atoms with van der Waals surface area (Å²) in [5.41, 5.74) is 0. The van der Waals surface area contributed by atoms with Gasteiger partial charge in [0.15, 0.2) is 0 Å². The van der Waals surface area contributed by atoms with Crippen molar-refractivity contribution in [2.24, 2.45) is 4.99 Å². The maximum absolute atomic E-state index is 3.91. The first kappa shape index (κ1) is 7.21. The molecule has 8 heavy (non-hydrogen) atoms. The van der Waals surface area contributed by atoms with Gasteiger partial charge in [0.2, 0.25) is 0 Å². The lowest BCUT2D eigenvalue weighted by atomic mass is 10.7. The molecule has 2 nitrogen and oxygen atoms in total. The summed E-state index contributed by atoms with van der Waals surface area (Å²) < 4.78 is 0. The van der Waals surface area contributed by atoms with Gasteiger partial charge in [-0.1, -0.05) is 6.08 Å². The zero-order valence-electron chi connectivity index (χ0n) is 5.63. The van der Waals surface area contributed by atoms with Crippen molar-refractivity contribution < 1.29 is 0 Å². The van der Waals surface area contributed by atoms with Gasteiger partial charge in [-0.3, -0.25) is 0 Å². The maximum atomic E-state index is 3.91. The average Bonchev–Trinajstić information content (AvgIpc) is 1.66. The second-order valence-corrected chi connectivity index (χ2v) is 1.71. The van der Waals surface area contributed by atoms with Crippen molar-refractivity contribution >= 4 is 6.34 Å². The van der Waals surface area contributed by atoms with Crippen LogP contribution in [0.15, 0.2) is 17.3 Å². The summed E-state index contributed by atoms with van der Waals surface area (Å²) in [6.07, 6.45) is 5.39. The molecular formula is C6H12N2. The largest absolute Gasteiger partial charge is 0.369 e. The molecule has 0 unspecified atom stereocenters. The summed E-state index contributed by atoms with van der Waals surface area (Å²) in [6, 6.07) is 0. The Morgan fingerprint density at radius 3 is 2.38 bits per heavy atom. The molecule has 0 aliphatic rings. The lowest BCUT2D eigenvalue weighted by Crippen LogP contribution is -2.06. The SMILES string of the molecule is C/C=C\N=CN(C)C. The molecule has 0 spiro atoms. The molecule has 0 fully saturated rings. The van der Waals surface area contributed by atoms with Gasteiger partial charge < -0.3 is 4.90 Å². The number of rotatable bonds is 2. The molecular weight excluding hydrogens is 100 g/mol. The summed E-state index contributed by atoms with van der Waals surface area (Å²) >= 11 is 0. The fraction of sp³-hybridized carbons (Fsp3) is 0.500. The van der Waals surface area contributed by atoms with E-state index in [1.807, 2.05) is 32.0 Å². The van der Waals surface area contributed by atoms with Crippen molar-refractivity contribution in [3.8, 4) is 0 Å². The molecule has 0 saturated heterocycles. The lowest BCUT2D eigenvalue weighted by Gasteiger charge is -1.98. The minimum atomic E-state index is 1.75. The van der Waals surface area contributed by atoms with E-state index in [0.717, 1.165) is 0 Å². The molecule has 0 rings (SSSR count). The van der Waals surface area contributed by atoms with Crippen LogP contribution >= 0.6 is 0 Å². The van der Waals surface area contributed by atoms with Crippen molar-refractivity contribution in [2.45, 2.75) is 6.92 Å². The molecule has 2 heteroatoms. The minimum Gasteiger partial charge on any atom is -0.369 e. The predicted molar refractivity (Wildman–Crippen MR) is 37.0 cm³/mol. The molecule has 0 aliphatic heterocycles. The summed E-state index contributed by atoms with van der Waals surface area (Å²) in [7, 11) is 3.88. The Labute approximate surface area is 50.5 Å². The summed E-state index contributed by atoms with van der Waals surface area (Å²) in [5, 5.41) is 0. The predicted octanol–water partition coefficient (Wildman–Crippen LogP) is 1.11. The first-order valence-corrected chi connectivity index (χ1v) is 2.58. The molecule has 46 valence electrons. The average molecular weight is 112 g/mol. The third kappa shape index (κ3) is 5.21. The van der Waals surface area contributed by atoms with E-state index >= 15 is 0 Å². The topological polar surface area (TPSA) is 15.6 Å². The van der Waals surface area contributed by atoms with Crippen LogP contribution in [0.3, 0.4) is 0 Å². The summed E-state index contributed by atoms with van der Waals surface area (Å²) in [4.78, 5) is 5.80. The van der Waals surface area contributed by atoms with Gasteiger partial charge in [-0.05, 0) is 6.92 Å². The zero-order valence-corrected chi connectivity index (χ0v) is 5.63. The van der Waals surface area contributed by atoms with Crippen LogP contribution in [-0.4, -0.2) is 25.3 Å². The highest BCUT2D eigenvalue weighted by atomic mass is 15.1.